The van der Waals surface area contributed by atoms with Crippen LogP contribution in [0.5, 0.6) is 0 Å². The van der Waals surface area contributed by atoms with Crippen molar-refractivity contribution in [2.24, 2.45) is 14.1 Å². The maximum absolute atomic E-state index is 12.9. The summed E-state index contributed by atoms with van der Waals surface area (Å²) in [7, 11) is 4.83. The van der Waals surface area contributed by atoms with Gasteiger partial charge >= 0.3 is 5.97 Å². The number of hydrogen-bond acceptors (Lipinski definition) is 7. The van der Waals surface area contributed by atoms with E-state index in [1.165, 1.54) is 11.8 Å². The molecule has 1 fully saturated rings. The number of fused-ring (bicyclic) bond motifs is 2. The first-order chi connectivity index (χ1) is 18.3. The van der Waals surface area contributed by atoms with Gasteiger partial charge in [-0.1, -0.05) is 6.07 Å². The van der Waals surface area contributed by atoms with Crippen molar-refractivity contribution in [3.05, 3.63) is 51.7 Å². The van der Waals surface area contributed by atoms with Crippen LogP contribution in [-0.2, 0) is 23.6 Å². The summed E-state index contributed by atoms with van der Waals surface area (Å²) in [4.78, 5) is 30.2. The molecule has 0 saturated carbocycles. The van der Waals surface area contributed by atoms with Crippen molar-refractivity contribution in [3.63, 3.8) is 0 Å². The topological polar surface area (TPSA) is 122 Å². The van der Waals surface area contributed by atoms with Gasteiger partial charge in [0.1, 0.15) is 5.69 Å². The van der Waals surface area contributed by atoms with Crippen molar-refractivity contribution in [1.29, 1.82) is 0 Å². The number of aromatic amines is 1. The molecule has 5 heterocycles. The van der Waals surface area contributed by atoms with Crippen LogP contribution in [0.1, 0.15) is 47.4 Å². The van der Waals surface area contributed by atoms with Crippen LogP contribution < -0.4 is 5.56 Å². The minimum absolute atomic E-state index is 0.141. The Balaban J connectivity index is 1.63. The van der Waals surface area contributed by atoms with Crippen LogP contribution in [0.3, 0.4) is 0 Å². The number of pyridine rings is 1. The zero-order valence-electron chi connectivity index (χ0n) is 22.0. The first-order valence-corrected chi connectivity index (χ1v) is 12.6. The fourth-order valence-electron chi connectivity index (χ4n) is 5.46. The molecular weight excluding hydrogens is 486 g/mol. The van der Waals surface area contributed by atoms with Crippen molar-refractivity contribution < 1.29 is 14.3 Å². The molecule has 1 saturated heterocycles. The third-order valence-corrected chi connectivity index (χ3v) is 7.27. The minimum atomic E-state index is -0.500. The summed E-state index contributed by atoms with van der Waals surface area (Å²) in [5.41, 5.74) is 5.90. The lowest BCUT2D eigenvalue weighted by Gasteiger charge is -2.23. The van der Waals surface area contributed by atoms with E-state index < -0.39 is 5.97 Å². The average Bonchev–Trinajstić information content (AvgIpc) is 3.54. The van der Waals surface area contributed by atoms with Gasteiger partial charge in [-0.2, -0.15) is 10.2 Å². The molecule has 0 radical (unpaired) electrons. The summed E-state index contributed by atoms with van der Waals surface area (Å²) in [5.74, 6) is -0.500. The summed E-state index contributed by atoms with van der Waals surface area (Å²) in [6.45, 7) is 4.47. The number of aryl methyl sites for hydroxylation is 4. The molecule has 11 nitrogen and oxygen atoms in total. The number of carbonyl (C=O) groups excluding carboxylic acids is 1. The van der Waals surface area contributed by atoms with E-state index in [2.05, 4.69) is 10.2 Å². The summed E-state index contributed by atoms with van der Waals surface area (Å²) >= 11 is 0. The molecule has 1 unspecified atom stereocenters. The van der Waals surface area contributed by atoms with E-state index in [1.807, 2.05) is 42.8 Å². The van der Waals surface area contributed by atoms with Crippen LogP contribution in [0.2, 0.25) is 0 Å². The molecule has 11 heteroatoms. The summed E-state index contributed by atoms with van der Waals surface area (Å²) in [6, 6.07) is 7.73. The normalized spacial score (nSPS) is 16.0. The van der Waals surface area contributed by atoms with Crippen molar-refractivity contribution in [2.75, 3.05) is 13.7 Å². The molecular formula is C27H29N7O4. The number of carbonyl (C=O) groups is 1. The first-order valence-electron chi connectivity index (χ1n) is 12.6. The Morgan fingerprint density at radius 3 is 2.63 bits per heavy atom. The number of rotatable bonds is 4. The molecule has 5 aromatic rings. The van der Waals surface area contributed by atoms with E-state index in [0.717, 1.165) is 52.6 Å². The number of nitrogens with one attached hydrogen (secondary N) is 1. The number of methoxy groups -OCH3 is 1. The van der Waals surface area contributed by atoms with E-state index in [0.29, 0.717) is 28.9 Å². The van der Waals surface area contributed by atoms with E-state index >= 15 is 0 Å². The Labute approximate surface area is 218 Å². The number of benzene rings is 1. The van der Waals surface area contributed by atoms with Crippen LogP contribution in [0.25, 0.3) is 44.3 Å². The van der Waals surface area contributed by atoms with Gasteiger partial charge in [0.15, 0.2) is 11.9 Å². The lowest BCUT2D eigenvalue weighted by atomic mass is 10.0. The molecule has 1 aliphatic rings. The van der Waals surface area contributed by atoms with Crippen LogP contribution in [0.15, 0.2) is 29.1 Å². The summed E-state index contributed by atoms with van der Waals surface area (Å²) in [6.07, 6.45) is 2.71. The highest BCUT2D eigenvalue weighted by molar-refractivity contribution is 6.05. The molecule has 38 heavy (non-hydrogen) atoms. The van der Waals surface area contributed by atoms with Crippen molar-refractivity contribution in [1.82, 2.24) is 34.3 Å². The first kappa shape index (κ1) is 24.1. The van der Waals surface area contributed by atoms with Crippen LogP contribution >= 0.6 is 0 Å². The number of hydrogen-bond donors (Lipinski definition) is 1. The molecule has 1 atom stereocenters. The monoisotopic (exact) mass is 515 g/mol. The molecule has 1 N–H and O–H groups in total. The van der Waals surface area contributed by atoms with Gasteiger partial charge in [0.25, 0.3) is 5.56 Å². The predicted octanol–water partition coefficient (Wildman–Crippen LogP) is 3.78. The highest BCUT2D eigenvalue weighted by atomic mass is 16.5. The Morgan fingerprint density at radius 1 is 1.13 bits per heavy atom. The Morgan fingerprint density at radius 2 is 1.95 bits per heavy atom. The quantitative estimate of drug-likeness (QED) is 0.362. The Hall–Kier alpha value is -4.25. The van der Waals surface area contributed by atoms with Crippen molar-refractivity contribution in [3.8, 4) is 22.5 Å². The molecule has 0 spiro atoms. The van der Waals surface area contributed by atoms with Gasteiger partial charge in [-0.05, 0) is 51.3 Å². The van der Waals surface area contributed by atoms with Crippen LogP contribution in [0, 0.1) is 13.8 Å². The molecule has 4 aromatic heterocycles. The lowest BCUT2D eigenvalue weighted by molar-refractivity contribution is -0.0366. The SMILES string of the molecule is COC(=O)c1nn(C)c2ccc(-c3nn(C4CCCCO4)c4c(C)nc(-c5c(C)[nH]n(C)c5=O)cc34)cc12. The van der Waals surface area contributed by atoms with Crippen molar-refractivity contribution in [2.45, 2.75) is 39.3 Å². The number of esters is 1. The summed E-state index contributed by atoms with van der Waals surface area (Å²) in [5, 5.41) is 14.0. The number of aromatic nitrogens is 7. The second-order valence-electron chi connectivity index (χ2n) is 9.78. The van der Waals surface area contributed by atoms with Gasteiger partial charge in [0, 0.05) is 42.7 Å². The van der Waals surface area contributed by atoms with Gasteiger partial charge < -0.3 is 9.47 Å². The third-order valence-electron chi connectivity index (χ3n) is 7.27. The zero-order chi connectivity index (χ0) is 26.7. The largest absolute Gasteiger partial charge is 0.464 e. The lowest BCUT2D eigenvalue weighted by Crippen LogP contribution is -2.19. The van der Waals surface area contributed by atoms with Gasteiger partial charge in [0.05, 0.1) is 35.1 Å². The minimum Gasteiger partial charge on any atom is -0.464 e. The molecule has 0 aliphatic carbocycles. The molecule has 196 valence electrons. The van der Waals surface area contributed by atoms with E-state index in [-0.39, 0.29) is 17.5 Å². The van der Waals surface area contributed by atoms with Gasteiger partial charge in [-0.25, -0.2) is 9.48 Å². The molecule has 0 bridgehead atoms. The number of nitrogens with zero attached hydrogens (tertiary/aromatic N) is 6. The summed E-state index contributed by atoms with van der Waals surface area (Å²) < 4.78 is 16.1. The van der Waals surface area contributed by atoms with Crippen molar-refractivity contribution >= 4 is 27.8 Å². The van der Waals surface area contributed by atoms with Crippen LogP contribution in [-0.4, -0.2) is 54.0 Å². The average molecular weight is 516 g/mol. The molecule has 6 rings (SSSR count). The van der Waals surface area contributed by atoms with E-state index in [1.54, 1.807) is 18.8 Å². The third kappa shape index (κ3) is 3.65. The predicted molar refractivity (Wildman–Crippen MR) is 142 cm³/mol. The van der Waals surface area contributed by atoms with Gasteiger partial charge in [0.2, 0.25) is 0 Å². The maximum Gasteiger partial charge on any atom is 0.359 e. The highest BCUT2D eigenvalue weighted by Gasteiger charge is 2.26. The van der Waals surface area contributed by atoms with Gasteiger partial charge in [-0.3, -0.25) is 24.2 Å². The Kier molecular flexibility index (Phi) is 5.68. The fraction of sp³-hybridized carbons (Fsp3) is 0.370. The second kappa shape index (κ2) is 8.95. The number of H-pyrrole nitrogens is 1. The second-order valence-corrected chi connectivity index (χ2v) is 9.78. The maximum atomic E-state index is 12.9. The van der Waals surface area contributed by atoms with Gasteiger partial charge in [-0.15, -0.1) is 0 Å². The smallest absolute Gasteiger partial charge is 0.359 e. The molecule has 0 amide bonds. The molecule has 1 aliphatic heterocycles. The standard InChI is InChI=1S/C27H29N7O4/c1-14-22(26(35)33(4)29-14)19-13-18-23(31-34(25(18)15(2)28-19)21-8-6-7-11-38-21)16-9-10-20-17(12-16)24(27(36)37-5)30-32(20)3/h9-10,12-13,21,29H,6-8,11H2,1-5H3. The fourth-order valence-corrected chi connectivity index (χ4v) is 5.46. The Bertz CT molecular complexity index is 1780. The number of ether oxygens (including phenoxy) is 2. The zero-order valence-corrected chi connectivity index (χ0v) is 22.0. The van der Waals surface area contributed by atoms with Crippen LogP contribution in [0.4, 0.5) is 0 Å². The molecule has 1 aromatic carbocycles. The highest BCUT2D eigenvalue weighted by Crippen LogP contribution is 2.37. The van der Waals surface area contributed by atoms with E-state index in [9.17, 15) is 9.59 Å². The van der Waals surface area contributed by atoms with E-state index in [4.69, 9.17) is 19.6 Å².